The van der Waals surface area contributed by atoms with Gasteiger partial charge in [0.1, 0.15) is 5.78 Å². The molecule has 1 amide bonds. The molecule has 36 heavy (non-hydrogen) atoms. The summed E-state index contributed by atoms with van der Waals surface area (Å²) in [6.07, 6.45) is 6.61. The van der Waals surface area contributed by atoms with Crippen LogP contribution in [0.2, 0.25) is 0 Å². The number of nitrogens with one attached hydrogen (secondary N) is 1. The first-order valence-electron chi connectivity index (χ1n) is 13.0. The fourth-order valence-electron chi connectivity index (χ4n) is 5.16. The van der Waals surface area contributed by atoms with Gasteiger partial charge in [0.15, 0.2) is 0 Å². The van der Waals surface area contributed by atoms with E-state index in [1.165, 1.54) is 0 Å². The van der Waals surface area contributed by atoms with Crippen LogP contribution in [0.5, 0.6) is 0 Å². The zero-order valence-electron chi connectivity index (χ0n) is 22.2. The number of Topliss-reactive ketones (excluding diaryl/α,β-unsaturated/α-hetero) is 1. The van der Waals surface area contributed by atoms with Crippen molar-refractivity contribution in [2.75, 3.05) is 0 Å². The highest BCUT2D eigenvalue weighted by Gasteiger charge is 2.52. The topological polar surface area (TPSA) is 112 Å². The number of ketones is 1. The first kappa shape index (κ1) is 28.7. The lowest BCUT2D eigenvalue weighted by Crippen LogP contribution is -2.47. The molecule has 3 N–H and O–H groups in total. The third-order valence-electron chi connectivity index (χ3n) is 7.92. The number of aryl methyl sites for hydroxylation is 1. The molecular weight excluding hydrogens is 476 g/mol. The maximum Gasteiger partial charge on any atom is 0.223 e. The summed E-state index contributed by atoms with van der Waals surface area (Å²) in [7, 11) is 0. The van der Waals surface area contributed by atoms with Crippen molar-refractivity contribution in [3.8, 4) is 0 Å². The van der Waals surface area contributed by atoms with Crippen LogP contribution >= 0.6 is 11.3 Å². The number of epoxide rings is 1. The summed E-state index contributed by atoms with van der Waals surface area (Å²) >= 11 is 1.57. The SMILES string of the molecule is C=CC[C@H]1C(=O)C(C)(C)[C@@H](O)CC(=O)N[C@H](C=Cc2csc(C)n2)C[C@@H]2O[C@]2(C)CCC[C@H](C)[C@H]1O. The Morgan fingerprint density at radius 1 is 1.31 bits per heavy atom. The summed E-state index contributed by atoms with van der Waals surface area (Å²) in [5, 5.41) is 28.0. The number of hydrogen-bond acceptors (Lipinski definition) is 7. The third kappa shape index (κ3) is 6.91. The molecule has 1 aromatic heterocycles. The minimum absolute atomic E-state index is 0.00853. The van der Waals surface area contributed by atoms with Crippen LogP contribution < -0.4 is 5.32 Å². The molecule has 0 aromatic carbocycles. The number of ether oxygens (including phenoxy) is 1. The molecular formula is C28H42N2O5S. The second-order valence-corrected chi connectivity index (χ2v) is 12.3. The Hall–Kier alpha value is -1.87. The number of carbonyl (C=O) groups excluding carboxylic acids is 2. The molecule has 200 valence electrons. The molecule has 0 radical (unpaired) electrons. The van der Waals surface area contributed by atoms with Crippen molar-refractivity contribution in [1.29, 1.82) is 0 Å². The fraction of sp³-hybridized carbons (Fsp3) is 0.679. The molecule has 0 bridgehead atoms. The number of aromatic nitrogens is 1. The number of aliphatic hydroxyl groups is 2. The Kier molecular flexibility index (Phi) is 9.30. The van der Waals surface area contributed by atoms with Gasteiger partial charge in [-0.3, -0.25) is 9.59 Å². The van der Waals surface area contributed by atoms with Crippen molar-refractivity contribution in [3.05, 3.63) is 34.8 Å². The maximum absolute atomic E-state index is 13.5. The lowest BCUT2D eigenvalue weighted by atomic mass is 9.71. The molecule has 3 rings (SSSR count). The summed E-state index contributed by atoms with van der Waals surface area (Å²) in [5.41, 5.74) is -0.635. The van der Waals surface area contributed by atoms with Gasteiger partial charge in [0.2, 0.25) is 5.91 Å². The van der Waals surface area contributed by atoms with Gasteiger partial charge in [0, 0.05) is 17.7 Å². The van der Waals surface area contributed by atoms with E-state index in [9.17, 15) is 19.8 Å². The van der Waals surface area contributed by atoms with Crippen LogP contribution in [0.1, 0.15) is 76.9 Å². The molecule has 2 aliphatic rings. The Morgan fingerprint density at radius 3 is 2.67 bits per heavy atom. The van der Waals surface area contributed by atoms with E-state index in [4.69, 9.17) is 4.74 Å². The number of thiazole rings is 1. The monoisotopic (exact) mass is 518 g/mol. The molecule has 0 unspecified atom stereocenters. The number of fused-ring (bicyclic) bond motifs is 1. The van der Waals surface area contributed by atoms with Crippen molar-refractivity contribution in [2.24, 2.45) is 17.3 Å². The van der Waals surface area contributed by atoms with Crippen molar-refractivity contribution in [3.63, 3.8) is 0 Å². The van der Waals surface area contributed by atoms with Crippen molar-refractivity contribution in [2.45, 2.75) is 103 Å². The van der Waals surface area contributed by atoms with Gasteiger partial charge in [-0.2, -0.15) is 0 Å². The number of hydrogen-bond donors (Lipinski definition) is 3. The summed E-state index contributed by atoms with van der Waals surface area (Å²) in [4.78, 5) is 31.0. The molecule has 2 saturated heterocycles. The standard InChI is InChI=1S/C28H42N2O5S/c1-7-9-21-25(33)17(2)10-8-13-28(6)23(35-28)14-19(11-12-20-16-36-18(3)29-20)30-24(32)15-22(31)27(4,5)26(21)34/h7,11-12,16-17,19,21-23,25,31,33H,1,8-10,13-15H2,2-6H3,(H,30,32)/t17-,19+,21+,22-,23-,25+,28+/m0/s1. The van der Waals surface area contributed by atoms with Gasteiger partial charge >= 0.3 is 0 Å². The summed E-state index contributed by atoms with van der Waals surface area (Å²) in [6, 6.07) is -0.292. The summed E-state index contributed by atoms with van der Waals surface area (Å²) < 4.78 is 6.07. The van der Waals surface area contributed by atoms with Crippen molar-refractivity contribution < 1.29 is 24.5 Å². The normalized spacial score (nSPS) is 36.3. The summed E-state index contributed by atoms with van der Waals surface area (Å²) in [6.45, 7) is 13.1. The number of allylic oxidation sites excluding steroid dienone is 1. The van der Waals surface area contributed by atoms with E-state index < -0.39 is 23.5 Å². The van der Waals surface area contributed by atoms with E-state index in [0.29, 0.717) is 12.8 Å². The molecule has 2 aliphatic heterocycles. The van der Waals surface area contributed by atoms with Crippen LogP contribution in [-0.4, -0.2) is 56.8 Å². The molecule has 0 spiro atoms. The van der Waals surface area contributed by atoms with Gasteiger partial charge in [-0.1, -0.05) is 39.3 Å². The Morgan fingerprint density at radius 2 is 2.03 bits per heavy atom. The average Bonchev–Trinajstić information content (AvgIpc) is 3.24. The van der Waals surface area contributed by atoms with E-state index in [1.807, 2.05) is 31.4 Å². The lowest BCUT2D eigenvalue weighted by Gasteiger charge is -2.35. The van der Waals surface area contributed by atoms with Crippen LogP contribution in [0.25, 0.3) is 6.08 Å². The van der Waals surface area contributed by atoms with Gasteiger partial charge in [-0.25, -0.2) is 4.98 Å². The van der Waals surface area contributed by atoms with Crippen LogP contribution in [0.4, 0.5) is 0 Å². The maximum atomic E-state index is 13.5. The number of carbonyl (C=O) groups is 2. The highest BCUT2D eigenvalue weighted by Crippen LogP contribution is 2.44. The molecule has 7 atom stereocenters. The van der Waals surface area contributed by atoms with E-state index in [1.54, 1.807) is 31.3 Å². The zero-order chi connectivity index (χ0) is 26.7. The van der Waals surface area contributed by atoms with E-state index in [2.05, 4.69) is 23.8 Å². The highest BCUT2D eigenvalue weighted by molar-refractivity contribution is 7.09. The molecule has 1 aromatic rings. The Balaban J connectivity index is 1.84. The van der Waals surface area contributed by atoms with Crippen LogP contribution in [0.15, 0.2) is 24.1 Å². The number of nitrogens with zero attached hydrogens (tertiary/aromatic N) is 1. The number of aliphatic hydroxyl groups excluding tert-OH is 2. The molecule has 7 nitrogen and oxygen atoms in total. The largest absolute Gasteiger partial charge is 0.392 e. The molecule has 0 saturated carbocycles. The van der Waals surface area contributed by atoms with E-state index >= 15 is 0 Å². The van der Waals surface area contributed by atoms with Gasteiger partial charge in [-0.15, -0.1) is 17.9 Å². The van der Waals surface area contributed by atoms with E-state index in [0.717, 1.165) is 30.0 Å². The lowest BCUT2D eigenvalue weighted by molar-refractivity contribution is -0.143. The van der Waals surface area contributed by atoms with Gasteiger partial charge in [0.05, 0.1) is 52.5 Å². The van der Waals surface area contributed by atoms with Crippen molar-refractivity contribution >= 4 is 29.1 Å². The molecule has 0 aliphatic carbocycles. The molecule has 2 fully saturated rings. The van der Waals surface area contributed by atoms with Crippen LogP contribution in [0.3, 0.4) is 0 Å². The van der Waals surface area contributed by atoms with Crippen LogP contribution in [-0.2, 0) is 14.3 Å². The smallest absolute Gasteiger partial charge is 0.223 e. The number of rotatable bonds is 4. The highest BCUT2D eigenvalue weighted by atomic mass is 32.1. The van der Waals surface area contributed by atoms with Gasteiger partial charge in [-0.05, 0) is 45.1 Å². The van der Waals surface area contributed by atoms with E-state index in [-0.39, 0.29) is 41.8 Å². The van der Waals surface area contributed by atoms with Gasteiger partial charge in [0.25, 0.3) is 0 Å². The fourth-order valence-corrected chi connectivity index (χ4v) is 5.74. The first-order valence-corrected chi connectivity index (χ1v) is 13.8. The third-order valence-corrected chi connectivity index (χ3v) is 8.71. The Labute approximate surface area is 219 Å². The minimum Gasteiger partial charge on any atom is -0.392 e. The zero-order valence-corrected chi connectivity index (χ0v) is 23.0. The first-order chi connectivity index (χ1) is 16.9. The number of amides is 1. The average molecular weight is 519 g/mol. The van der Waals surface area contributed by atoms with Crippen LogP contribution in [0, 0.1) is 24.2 Å². The summed E-state index contributed by atoms with van der Waals surface area (Å²) in [5.74, 6) is -1.37. The predicted octanol–water partition coefficient (Wildman–Crippen LogP) is 4.22. The second-order valence-electron chi connectivity index (χ2n) is 11.3. The predicted molar refractivity (Wildman–Crippen MR) is 142 cm³/mol. The van der Waals surface area contributed by atoms with Crippen molar-refractivity contribution in [1.82, 2.24) is 10.3 Å². The second kappa shape index (κ2) is 11.7. The Bertz CT molecular complexity index is 973. The minimum atomic E-state index is -1.20. The molecule has 3 heterocycles. The van der Waals surface area contributed by atoms with Gasteiger partial charge < -0.3 is 20.3 Å². The quantitative estimate of drug-likeness (QED) is 0.407. The molecule has 8 heteroatoms.